The number of methoxy groups -OCH3 is 1. The zero-order chi connectivity index (χ0) is 16.8. The minimum atomic E-state index is -0.393. The minimum absolute atomic E-state index is 0.170. The van der Waals surface area contributed by atoms with E-state index in [0.717, 1.165) is 11.1 Å². The molecule has 0 fully saturated rings. The molecule has 1 atom stereocenters. The lowest BCUT2D eigenvalue weighted by Crippen LogP contribution is -2.24. The topological polar surface area (TPSA) is 69.0 Å². The number of hydrogen-bond acceptors (Lipinski definition) is 4. The zero-order valence-electron chi connectivity index (χ0n) is 13.2. The summed E-state index contributed by atoms with van der Waals surface area (Å²) in [5.41, 5.74) is 3.28. The Morgan fingerprint density at radius 1 is 1.29 bits per heavy atom. The van der Waals surface area contributed by atoms with Crippen molar-refractivity contribution in [1.82, 2.24) is 15.0 Å². The van der Waals surface area contributed by atoms with Crippen LogP contribution in [0.15, 0.2) is 30.3 Å². The van der Waals surface area contributed by atoms with E-state index in [1.165, 1.54) is 13.2 Å². The maximum Gasteiger partial charge on any atom is 0.225 e. The molecule has 6 nitrogen and oxygen atoms in total. The Labute approximate surface area is 137 Å². The second-order valence-electron chi connectivity index (χ2n) is 5.80. The number of hydrogen-bond donors (Lipinski definition) is 1. The summed E-state index contributed by atoms with van der Waals surface area (Å²) in [5, 5.41) is 11.0. The predicted molar refractivity (Wildman–Crippen MR) is 86.6 cm³/mol. The van der Waals surface area contributed by atoms with E-state index in [1.54, 1.807) is 23.9 Å². The molecule has 1 aromatic heterocycles. The van der Waals surface area contributed by atoms with Crippen LogP contribution in [0.4, 0.5) is 10.1 Å². The second kappa shape index (κ2) is 5.30. The second-order valence-corrected chi connectivity index (χ2v) is 5.80. The Bertz CT molecular complexity index is 967. The van der Waals surface area contributed by atoms with Gasteiger partial charge in [-0.25, -0.2) is 9.07 Å². The Kier molecular flexibility index (Phi) is 3.23. The summed E-state index contributed by atoms with van der Waals surface area (Å²) in [7, 11) is 3.31. The molecule has 2 aromatic carbocycles. The van der Waals surface area contributed by atoms with Crippen LogP contribution < -0.4 is 10.1 Å². The molecule has 1 aliphatic rings. The normalized spacial score (nSPS) is 16.8. The van der Waals surface area contributed by atoms with E-state index in [2.05, 4.69) is 15.6 Å². The summed E-state index contributed by atoms with van der Waals surface area (Å²) in [5.74, 6) is -0.372. The molecule has 122 valence electrons. The van der Waals surface area contributed by atoms with Gasteiger partial charge in [-0.3, -0.25) is 4.79 Å². The molecule has 2 heterocycles. The van der Waals surface area contributed by atoms with Crippen LogP contribution >= 0.6 is 0 Å². The lowest BCUT2D eigenvalue weighted by molar-refractivity contribution is -0.116. The molecule has 4 rings (SSSR count). The molecule has 0 aliphatic carbocycles. The van der Waals surface area contributed by atoms with Crippen molar-refractivity contribution in [3.63, 3.8) is 0 Å². The molecule has 7 heteroatoms. The fraction of sp³-hybridized carbons (Fsp3) is 0.235. The molecule has 0 bridgehead atoms. The van der Waals surface area contributed by atoms with Crippen molar-refractivity contribution in [2.45, 2.75) is 12.3 Å². The van der Waals surface area contributed by atoms with Gasteiger partial charge in [-0.2, -0.15) is 0 Å². The molecule has 1 amide bonds. The number of rotatable bonds is 2. The SMILES string of the molecule is COc1ccc(F)c(C2CC(=O)Nc3c2ccc2c3nnn2C)c1. The van der Waals surface area contributed by atoms with E-state index in [-0.39, 0.29) is 18.1 Å². The average molecular weight is 326 g/mol. The maximum absolute atomic E-state index is 14.4. The van der Waals surface area contributed by atoms with Gasteiger partial charge < -0.3 is 10.1 Å². The third-order valence-corrected chi connectivity index (χ3v) is 4.42. The molecule has 0 saturated carbocycles. The van der Waals surface area contributed by atoms with Crippen LogP contribution in [0, 0.1) is 5.82 Å². The van der Waals surface area contributed by atoms with Gasteiger partial charge in [0.25, 0.3) is 0 Å². The lowest BCUT2D eigenvalue weighted by Gasteiger charge is -2.26. The van der Waals surface area contributed by atoms with E-state index >= 15 is 0 Å². The maximum atomic E-state index is 14.4. The highest BCUT2D eigenvalue weighted by atomic mass is 19.1. The van der Waals surface area contributed by atoms with Crippen molar-refractivity contribution in [2.24, 2.45) is 7.05 Å². The molecule has 0 spiro atoms. The van der Waals surface area contributed by atoms with Gasteiger partial charge in [0.2, 0.25) is 5.91 Å². The highest BCUT2D eigenvalue weighted by Crippen LogP contribution is 2.41. The van der Waals surface area contributed by atoms with Crippen LogP contribution in [0.1, 0.15) is 23.5 Å². The monoisotopic (exact) mass is 326 g/mol. The number of nitrogens with one attached hydrogen (secondary N) is 1. The van der Waals surface area contributed by atoms with Crippen LogP contribution in [0.2, 0.25) is 0 Å². The predicted octanol–water partition coefficient (Wildman–Crippen LogP) is 2.59. The van der Waals surface area contributed by atoms with Gasteiger partial charge in [0, 0.05) is 19.4 Å². The number of fused-ring (bicyclic) bond motifs is 3. The Morgan fingerprint density at radius 2 is 2.12 bits per heavy atom. The summed E-state index contributed by atoms with van der Waals surface area (Å²) < 4.78 is 21.2. The van der Waals surface area contributed by atoms with Crippen molar-refractivity contribution >= 4 is 22.6 Å². The molecule has 0 saturated heterocycles. The molecule has 3 aromatic rings. The van der Waals surface area contributed by atoms with Gasteiger partial charge in [-0.1, -0.05) is 11.3 Å². The van der Waals surface area contributed by atoms with E-state index in [4.69, 9.17) is 4.74 Å². The number of amides is 1. The molecular formula is C17H15FN4O2. The third kappa shape index (κ3) is 2.12. The van der Waals surface area contributed by atoms with E-state index in [1.807, 2.05) is 12.1 Å². The summed E-state index contributed by atoms with van der Waals surface area (Å²) in [6.45, 7) is 0. The van der Waals surface area contributed by atoms with Crippen molar-refractivity contribution in [1.29, 1.82) is 0 Å². The summed E-state index contributed by atoms with van der Waals surface area (Å²) >= 11 is 0. The molecule has 1 N–H and O–H groups in total. The average Bonchev–Trinajstić information content (AvgIpc) is 2.96. The quantitative estimate of drug-likeness (QED) is 0.786. The smallest absolute Gasteiger partial charge is 0.225 e. The van der Waals surface area contributed by atoms with E-state index < -0.39 is 5.92 Å². The number of benzene rings is 2. The standard InChI is InChI=1S/C17H15FN4O2/c1-22-14-6-4-10-11(12-7-9(24-2)3-5-13(12)18)8-15(23)19-16(10)17(14)20-21-22/h3-7,11H,8H2,1-2H3,(H,19,23). The van der Waals surface area contributed by atoms with E-state index in [9.17, 15) is 9.18 Å². The van der Waals surface area contributed by atoms with Crippen molar-refractivity contribution in [3.8, 4) is 5.75 Å². The Morgan fingerprint density at radius 3 is 2.92 bits per heavy atom. The lowest BCUT2D eigenvalue weighted by atomic mass is 9.84. The molecule has 1 unspecified atom stereocenters. The zero-order valence-corrected chi connectivity index (χ0v) is 13.2. The molecule has 0 radical (unpaired) electrons. The number of aromatic nitrogens is 3. The van der Waals surface area contributed by atoms with Gasteiger partial charge in [0.15, 0.2) is 0 Å². The van der Waals surface area contributed by atoms with Gasteiger partial charge >= 0.3 is 0 Å². The highest BCUT2D eigenvalue weighted by Gasteiger charge is 2.31. The Balaban J connectivity index is 1.94. The largest absolute Gasteiger partial charge is 0.497 e. The number of ether oxygens (including phenoxy) is 1. The van der Waals surface area contributed by atoms with Crippen LogP contribution in [-0.2, 0) is 11.8 Å². The molecule has 24 heavy (non-hydrogen) atoms. The van der Waals surface area contributed by atoms with Gasteiger partial charge in [-0.05, 0) is 35.4 Å². The number of aryl methyl sites for hydroxylation is 1. The van der Waals surface area contributed by atoms with Gasteiger partial charge in [0.1, 0.15) is 17.1 Å². The first-order chi connectivity index (χ1) is 11.6. The third-order valence-electron chi connectivity index (χ3n) is 4.42. The van der Waals surface area contributed by atoms with Crippen LogP contribution in [-0.4, -0.2) is 28.0 Å². The summed E-state index contributed by atoms with van der Waals surface area (Å²) in [4.78, 5) is 12.2. The van der Waals surface area contributed by atoms with E-state index in [0.29, 0.717) is 22.5 Å². The fourth-order valence-corrected chi connectivity index (χ4v) is 3.22. The molecular weight excluding hydrogens is 311 g/mol. The van der Waals surface area contributed by atoms with Crippen LogP contribution in [0.3, 0.4) is 0 Å². The van der Waals surface area contributed by atoms with Gasteiger partial charge in [0.05, 0.1) is 18.3 Å². The number of anilines is 1. The van der Waals surface area contributed by atoms with Crippen molar-refractivity contribution < 1.29 is 13.9 Å². The van der Waals surface area contributed by atoms with Crippen LogP contribution in [0.5, 0.6) is 5.75 Å². The first-order valence-electron chi connectivity index (χ1n) is 7.54. The number of carbonyl (C=O) groups is 1. The minimum Gasteiger partial charge on any atom is -0.497 e. The highest BCUT2D eigenvalue weighted by molar-refractivity contribution is 6.03. The van der Waals surface area contributed by atoms with Crippen molar-refractivity contribution in [3.05, 3.63) is 47.3 Å². The number of nitrogens with zero attached hydrogens (tertiary/aromatic N) is 3. The number of halogens is 1. The summed E-state index contributed by atoms with van der Waals surface area (Å²) in [6, 6.07) is 8.35. The Hall–Kier alpha value is -2.96. The summed E-state index contributed by atoms with van der Waals surface area (Å²) in [6.07, 6.45) is 0.170. The fourth-order valence-electron chi connectivity index (χ4n) is 3.22. The van der Waals surface area contributed by atoms with Crippen LogP contribution in [0.25, 0.3) is 11.0 Å². The van der Waals surface area contributed by atoms with Gasteiger partial charge in [-0.15, -0.1) is 5.10 Å². The molecule has 1 aliphatic heterocycles. The number of carbonyl (C=O) groups excluding carboxylic acids is 1. The van der Waals surface area contributed by atoms with Crippen molar-refractivity contribution in [2.75, 3.05) is 12.4 Å². The first-order valence-corrected chi connectivity index (χ1v) is 7.54. The first kappa shape index (κ1) is 14.6.